The maximum atomic E-state index is 11.2. The molecule has 1 aromatic carbocycles. The van der Waals surface area contributed by atoms with Gasteiger partial charge in [-0.3, -0.25) is 4.79 Å². The Morgan fingerprint density at radius 1 is 1.29 bits per heavy atom. The van der Waals surface area contributed by atoms with E-state index in [1.54, 1.807) is 24.3 Å². The first-order chi connectivity index (χ1) is 8.00. The number of carboxylic acids is 1. The molecule has 1 aromatic rings. The Bertz CT molecular complexity index is 389. The van der Waals surface area contributed by atoms with Crippen LogP contribution in [-0.4, -0.2) is 34.2 Å². The summed E-state index contributed by atoms with van der Waals surface area (Å²) in [6.07, 6.45) is -1.03. The number of carbonyl (C=O) groups is 2. The molecule has 0 fully saturated rings. The van der Waals surface area contributed by atoms with Crippen molar-refractivity contribution < 1.29 is 19.8 Å². The molecule has 3 N–H and O–H groups in total. The molecule has 1 rings (SSSR count). The zero-order valence-corrected chi connectivity index (χ0v) is 9.46. The number of nitrogens with one attached hydrogen (secondary N) is 1. The van der Waals surface area contributed by atoms with E-state index in [4.69, 9.17) is 10.2 Å². The van der Waals surface area contributed by atoms with Crippen LogP contribution in [0.4, 0.5) is 0 Å². The first-order valence-electron chi connectivity index (χ1n) is 5.26. The summed E-state index contributed by atoms with van der Waals surface area (Å²) in [5, 5.41) is 20.3. The van der Waals surface area contributed by atoms with E-state index >= 15 is 0 Å². The second kappa shape index (κ2) is 6.00. The van der Waals surface area contributed by atoms with Crippen molar-refractivity contribution in [3.05, 3.63) is 35.9 Å². The summed E-state index contributed by atoms with van der Waals surface area (Å²) in [7, 11) is 0. The van der Waals surface area contributed by atoms with Gasteiger partial charge in [0.15, 0.2) is 0 Å². The molecular formula is C12H15NO4. The fraction of sp³-hybridized carbons (Fsp3) is 0.333. The third-order valence-electron chi connectivity index (χ3n) is 2.28. The zero-order valence-electron chi connectivity index (χ0n) is 9.46. The van der Waals surface area contributed by atoms with Gasteiger partial charge >= 0.3 is 5.97 Å². The van der Waals surface area contributed by atoms with E-state index < -0.39 is 24.0 Å². The molecule has 0 aliphatic rings. The largest absolute Gasteiger partial charge is 0.480 e. The zero-order chi connectivity index (χ0) is 12.8. The highest BCUT2D eigenvalue weighted by molar-refractivity contribution is 5.86. The molecule has 0 radical (unpaired) electrons. The first kappa shape index (κ1) is 13.2. The van der Waals surface area contributed by atoms with Gasteiger partial charge in [0.2, 0.25) is 5.91 Å². The van der Waals surface area contributed by atoms with E-state index in [0.29, 0.717) is 0 Å². The monoisotopic (exact) mass is 237 g/mol. The van der Waals surface area contributed by atoms with Crippen LogP contribution in [0.1, 0.15) is 12.5 Å². The van der Waals surface area contributed by atoms with Gasteiger partial charge in [-0.2, -0.15) is 0 Å². The molecule has 0 aliphatic carbocycles. The van der Waals surface area contributed by atoms with E-state index in [9.17, 15) is 9.59 Å². The van der Waals surface area contributed by atoms with E-state index in [-0.39, 0.29) is 6.42 Å². The number of amides is 1. The van der Waals surface area contributed by atoms with Crippen molar-refractivity contribution in [3.8, 4) is 0 Å². The molecule has 0 heterocycles. The minimum atomic E-state index is -1.22. The van der Waals surface area contributed by atoms with Gasteiger partial charge in [-0.05, 0) is 12.5 Å². The maximum Gasteiger partial charge on any atom is 0.326 e. The smallest absolute Gasteiger partial charge is 0.326 e. The Morgan fingerprint density at radius 2 is 1.88 bits per heavy atom. The minimum absolute atomic E-state index is 0.189. The van der Waals surface area contributed by atoms with Crippen molar-refractivity contribution >= 4 is 11.9 Å². The van der Waals surface area contributed by atoms with Crippen molar-refractivity contribution in [3.63, 3.8) is 0 Å². The molecule has 5 nitrogen and oxygen atoms in total. The first-order valence-corrected chi connectivity index (χ1v) is 5.26. The molecule has 92 valence electrons. The predicted octanol–water partition coefficient (Wildman–Crippen LogP) is 0.179. The van der Waals surface area contributed by atoms with Gasteiger partial charge in [0.25, 0.3) is 0 Å². The van der Waals surface area contributed by atoms with Crippen LogP contribution in [0, 0.1) is 0 Å². The number of benzene rings is 1. The Morgan fingerprint density at radius 3 is 2.35 bits per heavy atom. The van der Waals surface area contributed by atoms with Crippen LogP contribution in [0.15, 0.2) is 30.3 Å². The highest BCUT2D eigenvalue weighted by Gasteiger charge is 2.22. The van der Waals surface area contributed by atoms with E-state index in [1.165, 1.54) is 6.92 Å². The number of carboxylic acid groups (broad SMARTS) is 1. The fourth-order valence-corrected chi connectivity index (χ4v) is 1.34. The highest BCUT2D eigenvalue weighted by Crippen LogP contribution is 2.03. The number of hydrogen-bond donors (Lipinski definition) is 3. The van der Waals surface area contributed by atoms with Crippen LogP contribution >= 0.6 is 0 Å². The molecule has 0 bridgehead atoms. The molecule has 5 heteroatoms. The van der Waals surface area contributed by atoms with Gasteiger partial charge in [-0.1, -0.05) is 30.3 Å². The van der Waals surface area contributed by atoms with Crippen LogP contribution in [0.2, 0.25) is 0 Å². The fourth-order valence-electron chi connectivity index (χ4n) is 1.34. The van der Waals surface area contributed by atoms with Crippen LogP contribution in [0.25, 0.3) is 0 Å². The van der Waals surface area contributed by atoms with E-state index in [1.807, 2.05) is 6.07 Å². The van der Waals surface area contributed by atoms with Gasteiger partial charge < -0.3 is 15.5 Å². The summed E-state index contributed by atoms with van der Waals surface area (Å²) in [5.74, 6) is -1.81. The Balaban J connectivity index is 2.68. The summed E-state index contributed by atoms with van der Waals surface area (Å²) in [6.45, 7) is 1.29. The number of aliphatic carboxylic acids is 1. The lowest BCUT2D eigenvalue weighted by Gasteiger charge is -2.15. The summed E-state index contributed by atoms with van der Waals surface area (Å²) >= 11 is 0. The molecule has 0 unspecified atom stereocenters. The van der Waals surface area contributed by atoms with Gasteiger partial charge in [0, 0.05) is 6.42 Å². The number of aliphatic hydroxyl groups is 1. The maximum absolute atomic E-state index is 11.2. The SMILES string of the molecule is C[C@H](O)C(=O)N[C@H](Cc1ccccc1)C(=O)O. The van der Waals surface area contributed by atoms with Crippen molar-refractivity contribution in [2.24, 2.45) is 0 Å². The standard InChI is InChI=1S/C12H15NO4/c1-8(14)11(15)13-10(12(16)17)7-9-5-3-2-4-6-9/h2-6,8,10,14H,7H2,1H3,(H,13,15)(H,16,17)/t8-,10+/m0/s1. The Hall–Kier alpha value is -1.88. The van der Waals surface area contributed by atoms with Crippen molar-refractivity contribution in [2.75, 3.05) is 0 Å². The average Bonchev–Trinajstić information content (AvgIpc) is 2.29. The Labute approximate surface area is 99.1 Å². The third-order valence-corrected chi connectivity index (χ3v) is 2.28. The highest BCUT2D eigenvalue weighted by atomic mass is 16.4. The number of hydrogen-bond acceptors (Lipinski definition) is 3. The molecule has 0 saturated carbocycles. The lowest BCUT2D eigenvalue weighted by atomic mass is 10.1. The average molecular weight is 237 g/mol. The van der Waals surface area contributed by atoms with Gasteiger partial charge in [0.1, 0.15) is 12.1 Å². The van der Waals surface area contributed by atoms with Crippen LogP contribution in [-0.2, 0) is 16.0 Å². The van der Waals surface area contributed by atoms with Gasteiger partial charge in [-0.15, -0.1) is 0 Å². The minimum Gasteiger partial charge on any atom is -0.480 e. The lowest BCUT2D eigenvalue weighted by molar-refractivity contribution is -0.143. The summed E-state index contributed by atoms with van der Waals surface area (Å²) in [6, 6.07) is 7.96. The lowest BCUT2D eigenvalue weighted by Crippen LogP contribution is -2.45. The van der Waals surface area contributed by atoms with Crippen LogP contribution in [0.3, 0.4) is 0 Å². The second-order valence-electron chi connectivity index (χ2n) is 3.77. The number of rotatable bonds is 5. The van der Waals surface area contributed by atoms with Crippen molar-refractivity contribution in [2.45, 2.75) is 25.5 Å². The van der Waals surface area contributed by atoms with Crippen LogP contribution in [0.5, 0.6) is 0 Å². The molecular weight excluding hydrogens is 222 g/mol. The molecule has 1 amide bonds. The summed E-state index contributed by atoms with van der Waals surface area (Å²) in [4.78, 5) is 22.2. The van der Waals surface area contributed by atoms with E-state index in [2.05, 4.69) is 5.32 Å². The summed E-state index contributed by atoms with van der Waals surface area (Å²) in [5.41, 5.74) is 0.811. The number of carbonyl (C=O) groups excluding carboxylic acids is 1. The molecule has 17 heavy (non-hydrogen) atoms. The summed E-state index contributed by atoms with van der Waals surface area (Å²) < 4.78 is 0. The van der Waals surface area contributed by atoms with Gasteiger partial charge in [0.05, 0.1) is 0 Å². The molecule has 0 saturated heterocycles. The predicted molar refractivity (Wildman–Crippen MR) is 61.4 cm³/mol. The normalized spacial score (nSPS) is 13.8. The topological polar surface area (TPSA) is 86.6 Å². The van der Waals surface area contributed by atoms with Crippen LogP contribution < -0.4 is 5.32 Å². The van der Waals surface area contributed by atoms with Crippen molar-refractivity contribution in [1.82, 2.24) is 5.32 Å². The third kappa shape index (κ3) is 4.24. The van der Waals surface area contributed by atoms with E-state index in [0.717, 1.165) is 5.56 Å². The quantitative estimate of drug-likeness (QED) is 0.681. The van der Waals surface area contributed by atoms with Crippen molar-refractivity contribution in [1.29, 1.82) is 0 Å². The molecule has 0 aliphatic heterocycles. The Kier molecular flexibility index (Phi) is 4.66. The second-order valence-corrected chi connectivity index (χ2v) is 3.77. The molecule has 2 atom stereocenters. The van der Waals surface area contributed by atoms with Gasteiger partial charge in [-0.25, -0.2) is 4.79 Å². The molecule has 0 spiro atoms. The molecule has 0 aromatic heterocycles. The number of aliphatic hydroxyl groups excluding tert-OH is 1.